The summed E-state index contributed by atoms with van der Waals surface area (Å²) >= 11 is 9.53. The summed E-state index contributed by atoms with van der Waals surface area (Å²) in [6.45, 7) is 7.15. The van der Waals surface area contributed by atoms with E-state index in [9.17, 15) is 9.59 Å². The Hall–Kier alpha value is -2.08. The van der Waals surface area contributed by atoms with E-state index in [0.717, 1.165) is 16.9 Å². The number of alkyl halides is 2. The van der Waals surface area contributed by atoms with Gasteiger partial charge in [0, 0.05) is 18.9 Å². The average Bonchev–Trinajstić information content (AvgIpc) is 2.73. The molecule has 0 spiro atoms. The van der Waals surface area contributed by atoms with E-state index in [-0.39, 0.29) is 41.3 Å². The summed E-state index contributed by atoms with van der Waals surface area (Å²) in [6, 6.07) is 14.2. The van der Waals surface area contributed by atoms with Crippen molar-refractivity contribution >= 4 is 34.8 Å². The van der Waals surface area contributed by atoms with Crippen molar-refractivity contribution in [2.45, 2.75) is 39.5 Å². The van der Waals surface area contributed by atoms with E-state index in [1.54, 1.807) is 45.2 Å². The van der Waals surface area contributed by atoms with Crippen LogP contribution in [-0.2, 0) is 14.3 Å². The maximum atomic E-state index is 11.1. The van der Waals surface area contributed by atoms with Crippen LogP contribution in [0.4, 0.5) is 0 Å². The summed E-state index contributed by atoms with van der Waals surface area (Å²) in [5, 5.41) is 9.19. The number of Topliss-reactive ketones (excluding diaryl/α,β-unsaturated/α-hetero) is 2. The first-order valence-corrected chi connectivity index (χ1v) is 10.4. The molecular weight excluding hydrogens is 427 g/mol. The zero-order valence-electron chi connectivity index (χ0n) is 18.0. The van der Waals surface area contributed by atoms with E-state index in [1.165, 1.54) is 0 Å². The molecule has 0 aliphatic rings. The Bertz CT molecular complexity index is 745. The van der Waals surface area contributed by atoms with Gasteiger partial charge in [0.2, 0.25) is 0 Å². The quantitative estimate of drug-likeness (QED) is 0.416. The van der Waals surface area contributed by atoms with Crippen LogP contribution in [0.2, 0.25) is 0 Å². The number of aromatic hydroxyl groups is 1. The van der Waals surface area contributed by atoms with Crippen LogP contribution in [0.25, 0.3) is 0 Å². The molecule has 166 valence electrons. The summed E-state index contributed by atoms with van der Waals surface area (Å²) in [5.74, 6) is 1.15. The highest BCUT2D eigenvalue weighted by atomic mass is 35.5. The van der Waals surface area contributed by atoms with Crippen LogP contribution in [0.5, 0.6) is 11.5 Å². The molecule has 0 fully saturated rings. The van der Waals surface area contributed by atoms with Crippen LogP contribution < -0.4 is 4.74 Å². The monoisotopic (exact) mass is 456 g/mol. The Kier molecular flexibility index (Phi) is 14.6. The Balaban J connectivity index is 0.000000505. The number of phenols is 1. The first kappa shape index (κ1) is 27.9. The zero-order chi connectivity index (χ0) is 23.1. The molecule has 0 radical (unpaired) electrons. The minimum Gasteiger partial charge on any atom is -0.508 e. The second kappa shape index (κ2) is 15.7. The number of hydrogen-bond acceptors (Lipinski definition) is 5. The van der Waals surface area contributed by atoms with Gasteiger partial charge in [-0.2, -0.15) is 0 Å². The van der Waals surface area contributed by atoms with E-state index >= 15 is 0 Å². The number of rotatable bonds is 7. The SMILES string of the molecule is CC(=O)C(C)c1ccc(O)cc1.COCOc1ccc(C(C)C(C)=O)cc1.ClCCl. The summed E-state index contributed by atoms with van der Waals surface area (Å²) in [7, 11) is 1.58. The number of benzene rings is 2. The van der Waals surface area contributed by atoms with Gasteiger partial charge in [0.05, 0.1) is 5.34 Å². The van der Waals surface area contributed by atoms with Gasteiger partial charge in [-0.15, -0.1) is 23.2 Å². The van der Waals surface area contributed by atoms with Crippen LogP contribution in [0.15, 0.2) is 48.5 Å². The molecule has 7 heteroatoms. The number of phenolic OH excluding ortho intramolecular Hbond substituents is 1. The van der Waals surface area contributed by atoms with Gasteiger partial charge in [-0.1, -0.05) is 38.1 Å². The van der Waals surface area contributed by atoms with Crippen LogP contribution in [-0.4, -0.2) is 35.9 Å². The summed E-state index contributed by atoms with van der Waals surface area (Å²) < 4.78 is 10.0. The molecule has 5 nitrogen and oxygen atoms in total. The van der Waals surface area contributed by atoms with Crippen LogP contribution >= 0.6 is 23.2 Å². The molecule has 0 bridgehead atoms. The van der Waals surface area contributed by atoms with Gasteiger partial charge in [0.15, 0.2) is 6.79 Å². The molecule has 2 atom stereocenters. The lowest BCUT2D eigenvalue weighted by atomic mass is 9.98. The first-order chi connectivity index (χ1) is 14.2. The summed E-state index contributed by atoms with van der Waals surface area (Å²) in [5.41, 5.74) is 1.95. The topological polar surface area (TPSA) is 72.8 Å². The molecular formula is C23H30Cl2O5. The molecule has 2 unspecified atom stereocenters. The fourth-order valence-corrected chi connectivity index (χ4v) is 2.21. The van der Waals surface area contributed by atoms with Crippen molar-refractivity contribution in [1.29, 1.82) is 0 Å². The van der Waals surface area contributed by atoms with Gasteiger partial charge in [-0.25, -0.2) is 0 Å². The second-order valence-electron chi connectivity index (χ2n) is 6.48. The highest BCUT2D eigenvalue weighted by molar-refractivity contribution is 6.40. The molecule has 0 aliphatic heterocycles. The van der Waals surface area contributed by atoms with Gasteiger partial charge in [-0.05, 0) is 49.2 Å². The molecule has 0 aromatic heterocycles. The van der Waals surface area contributed by atoms with Gasteiger partial charge in [-0.3, -0.25) is 9.59 Å². The lowest BCUT2D eigenvalue weighted by Crippen LogP contribution is -2.04. The Morgan fingerprint density at radius 2 is 1.23 bits per heavy atom. The highest BCUT2D eigenvalue weighted by Gasteiger charge is 2.10. The number of halogens is 2. The lowest BCUT2D eigenvalue weighted by molar-refractivity contribution is -0.118. The van der Waals surface area contributed by atoms with Crippen molar-refractivity contribution in [2.24, 2.45) is 0 Å². The van der Waals surface area contributed by atoms with E-state index in [4.69, 9.17) is 37.8 Å². The third-order valence-corrected chi connectivity index (χ3v) is 4.34. The highest BCUT2D eigenvalue weighted by Crippen LogP contribution is 2.20. The molecule has 0 amide bonds. The smallest absolute Gasteiger partial charge is 0.188 e. The Morgan fingerprint density at radius 1 is 0.867 bits per heavy atom. The average molecular weight is 457 g/mol. The number of ketones is 2. The first-order valence-electron chi connectivity index (χ1n) is 9.31. The van der Waals surface area contributed by atoms with Crippen molar-refractivity contribution in [2.75, 3.05) is 19.2 Å². The molecule has 30 heavy (non-hydrogen) atoms. The van der Waals surface area contributed by atoms with Gasteiger partial charge < -0.3 is 14.6 Å². The normalized spacial score (nSPS) is 11.7. The third-order valence-electron chi connectivity index (χ3n) is 4.34. The minimum atomic E-state index is -0.0781. The number of carbonyl (C=O) groups excluding carboxylic acids is 2. The van der Waals surface area contributed by atoms with Gasteiger partial charge in [0.25, 0.3) is 0 Å². The maximum Gasteiger partial charge on any atom is 0.188 e. The fraction of sp³-hybridized carbons (Fsp3) is 0.391. The fourth-order valence-electron chi connectivity index (χ4n) is 2.21. The van der Waals surface area contributed by atoms with E-state index in [2.05, 4.69) is 0 Å². The molecule has 2 rings (SSSR count). The molecule has 0 saturated heterocycles. The molecule has 0 saturated carbocycles. The molecule has 2 aromatic rings. The summed E-state index contributed by atoms with van der Waals surface area (Å²) in [4.78, 5) is 22.1. The van der Waals surface area contributed by atoms with E-state index in [1.807, 2.05) is 38.1 Å². The third kappa shape index (κ3) is 11.2. The largest absolute Gasteiger partial charge is 0.508 e. The van der Waals surface area contributed by atoms with Crippen LogP contribution in [0.1, 0.15) is 50.7 Å². The van der Waals surface area contributed by atoms with Crippen molar-refractivity contribution in [3.63, 3.8) is 0 Å². The molecule has 1 N–H and O–H groups in total. The predicted octanol–water partition coefficient (Wildman–Crippen LogP) is 5.87. The van der Waals surface area contributed by atoms with Gasteiger partial charge in [0.1, 0.15) is 23.1 Å². The van der Waals surface area contributed by atoms with Crippen molar-refractivity contribution in [3.05, 3.63) is 59.7 Å². The summed E-state index contributed by atoms with van der Waals surface area (Å²) in [6.07, 6.45) is 0. The Morgan fingerprint density at radius 3 is 1.57 bits per heavy atom. The van der Waals surface area contributed by atoms with E-state index < -0.39 is 0 Å². The zero-order valence-corrected chi connectivity index (χ0v) is 19.5. The molecule has 0 heterocycles. The predicted molar refractivity (Wildman–Crippen MR) is 122 cm³/mol. The van der Waals surface area contributed by atoms with Crippen LogP contribution in [0, 0.1) is 0 Å². The standard InChI is InChI=1S/C12H16O3.C10H12O2.CH2Cl2/c1-9(10(2)13)11-4-6-12(7-5-11)15-8-14-3;1-7(8(2)11)9-3-5-10(12)6-4-9;2-1-3/h4-7,9H,8H2,1-3H3;3-7,12H,1-2H3;1H2. The number of hydrogen-bond donors (Lipinski definition) is 1. The number of ether oxygens (including phenoxy) is 2. The van der Waals surface area contributed by atoms with Gasteiger partial charge >= 0.3 is 0 Å². The number of methoxy groups -OCH3 is 1. The van der Waals surface area contributed by atoms with Crippen LogP contribution in [0.3, 0.4) is 0 Å². The lowest BCUT2D eigenvalue weighted by Gasteiger charge is -2.09. The number of carbonyl (C=O) groups is 2. The van der Waals surface area contributed by atoms with Crippen molar-refractivity contribution in [3.8, 4) is 11.5 Å². The Labute approximate surface area is 188 Å². The minimum absolute atomic E-state index is 0.0542. The second-order valence-corrected chi connectivity index (χ2v) is 7.29. The van der Waals surface area contributed by atoms with Crippen molar-refractivity contribution < 1.29 is 24.2 Å². The van der Waals surface area contributed by atoms with E-state index in [0.29, 0.717) is 0 Å². The maximum absolute atomic E-state index is 11.1. The van der Waals surface area contributed by atoms with Crippen molar-refractivity contribution in [1.82, 2.24) is 0 Å². The molecule has 0 aliphatic carbocycles. The molecule has 2 aromatic carbocycles.